The van der Waals surface area contributed by atoms with Gasteiger partial charge < -0.3 is 20.3 Å². The summed E-state index contributed by atoms with van der Waals surface area (Å²) >= 11 is 0. The van der Waals surface area contributed by atoms with Gasteiger partial charge in [0.15, 0.2) is 0 Å². The first-order valence-corrected chi connectivity index (χ1v) is 5.52. The number of rotatable bonds is 5. The summed E-state index contributed by atoms with van der Waals surface area (Å²) in [4.78, 5) is 10.2. The lowest BCUT2D eigenvalue weighted by Gasteiger charge is -2.06. The number of nitrogens with one attached hydrogen (secondary N) is 1. The SMILES string of the molecule is O=C(O)NCCOc1cccc(C#CCCO)c1. The number of benzene rings is 1. The predicted octanol–water partition coefficient (Wildman–Crippen LogP) is 1.07. The van der Waals surface area contributed by atoms with Crippen LogP contribution in [-0.2, 0) is 0 Å². The van der Waals surface area contributed by atoms with Crippen molar-refractivity contribution in [3.05, 3.63) is 29.8 Å². The monoisotopic (exact) mass is 249 g/mol. The van der Waals surface area contributed by atoms with Crippen molar-refractivity contribution in [2.24, 2.45) is 0 Å². The molecule has 0 saturated heterocycles. The Hall–Kier alpha value is -2.19. The zero-order valence-electron chi connectivity index (χ0n) is 9.85. The molecule has 0 aliphatic heterocycles. The van der Waals surface area contributed by atoms with E-state index < -0.39 is 6.09 Å². The van der Waals surface area contributed by atoms with Crippen LogP contribution in [0.1, 0.15) is 12.0 Å². The molecule has 0 bridgehead atoms. The highest BCUT2D eigenvalue weighted by Gasteiger charge is 1.96. The Morgan fingerprint density at radius 2 is 2.28 bits per heavy atom. The first-order chi connectivity index (χ1) is 8.72. The lowest BCUT2D eigenvalue weighted by molar-refractivity contribution is 0.191. The molecule has 0 heterocycles. The Bertz CT molecular complexity index is 448. The van der Waals surface area contributed by atoms with Crippen LogP contribution in [0.15, 0.2) is 24.3 Å². The molecule has 18 heavy (non-hydrogen) atoms. The van der Waals surface area contributed by atoms with Gasteiger partial charge >= 0.3 is 6.09 Å². The highest BCUT2D eigenvalue weighted by atomic mass is 16.5. The van der Waals surface area contributed by atoms with E-state index in [1.54, 1.807) is 12.1 Å². The van der Waals surface area contributed by atoms with Gasteiger partial charge in [0.2, 0.25) is 0 Å². The molecule has 0 saturated carbocycles. The number of aliphatic hydroxyl groups excluding tert-OH is 1. The minimum atomic E-state index is -1.07. The van der Waals surface area contributed by atoms with Gasteiger partial charge in [-0.05, 0) is 18.2 Å². The van der Waals surface area contributed by atoms with Crippen LogP contribution in [0.2, 0.25) is 0 Å². The van der Waals surface area contributed by atoms with E-state index in [9.17, 15) is 4.79 Å². The molecule has 3 N–H and O–H groups in total. The number of hydrogen-bond donors (Lipinski definition) is 3. The quantitative estimate of drug-likeness (QED) is 0.538. The molecule has 1 amide bonds. The van der Waals surface area contributed by atoms with E-state index in [-0.39, 0.29) is 19.8 Å². The fourth-order valence-electron chi connectivity index (χ4n) is 1.21. The molecule has 5 heteroatoms. The van der Waals surface area contributed by atoms with Gasteiger partial charge in [0.05, 0.1) is 13.2 Å². The number of amides is 1. The molecule has 0 radical (unpaired) electrons. The summed E-state index contributed by atoms with van der Waals surface area (Å²) in [6.45, 7) is 0.541. The average molecular weight is 249 g/mol. The van der Waals surface area contributed by atoms with E-state index in [0.29, 0.717) is 12.2 Å². The van der Waals surface area contributed by atoms with Crippen molar-refractivity contribution >= 4 is 6.09 Å². The molecule has 0 unspecified atom stereocenters. The van der Waals surface area contributed by atoms with Crippen LogP contribution in [0, 0.1) is 11.8 Å². The molecule has 0 atom stereocenters. The van der Waals surface area contributed by atoms with Crippen molar-refractivity contribution in [2.75, 3.05) is 19.8 Å². The minimum absolute atomic E-state index is 0.0457. The Labute approximate surface area is 105 Å². The number of aliphatic hydroxyl groups is 1. The number of ether oxygens (including phenoxy) is 1. The fourth-order valence-corrected chi connectivity index (χ4v) is 1.21. The maximum atomic E-state index is 10.2. The van der Waals surface area contributed by atoms with Crippen LogP contribution >= 0.6 is 0 Å². The topological polar surface area (TPSA) is 78.8 Å². The van der Waals surface area contributed by atoms with E-state index >= 15 is 0 Å². The van der Waals surface area contributed by atoms with E-state index in [1.807, 2.05) is 12.1 Å². The summed E-state index contributed by atoms with van der Waals surface area (Å²) in [5.41, 5.74) is 0.798. The molecule has 1 aromatic carbocycles. The molecular weight excluding hydrogens is 234 g/mol. The van der Waals surface area contributed by atoms with Crippen molar-refractivity contribution in [2.45, 2.75) is 6.42 Å². The fraction of sp³-hybridized carbons (Fsp3) is 0.308. The number of carbonyl (C=O) groups is 1. The molecule has 1 rings (SSSR count). The summed E-state index contributed by atoms with van der Waals surface area (Å²) in [7, 11) is 0. The van der Waals surface area contributed by atoms with E-state index in [0.717, 1.165) is 5.56 Å². The van der Waals surface area contributed by atoms with Crippen LogP contribution in [0.3, 0.4) is 0 Å². The lowest BCUT2D eigenvalue weighted by Crippen LogP contribution is -2.26. The molecular formula is C13H15NO4. The summed E-state index contributed by atoms with van der Waals surface area (Å²) < 4.78 is 5.36. The summed E-state index contributed by atoms with van der Waals surface area (Å²) in [6.07, 6.45) is -0.629. The minimum Gasteiger partial charge on any atom is -0.492 e. The third-order valence-corrected chi connectivity index (χ3v) is 1.95. The van der Waals surface area contributed by atoms with E-state index in [4.69, 9.17) is 14.9 Å². The molecule has 96 valence electrons. The van der Waals surface area contributed by atoms with Crippen molar-refractivity contribution in [3.63, 3.8) is 0 Å². The Kier molecular flexibility index (Phi) is 6.15. The second-order valence-corrected chi connectivity index (χ2v) is 3.38. The highest BCUT2D eigenvalue weighted by Crippen LogP contribution is 2.12. The average Bonchev–Trinajstić information content (AvgIpc) is 2.35. The van der Waals surface area contributed by atoms with Gasteiger partial charge in [0, 0.05) is 12.0 Å². The van der Waals surface area contributed by atoms with Gasteiger partial charge in [-0.1, -0.05) is 17.9 Å². The van der Waals surface area contributed by atoms with Crippen LogP contribution < -0.4 is 10.1 Å². The van der Waals surface area contributed by atoms with Gasteiger partial charge in [-0.15, -0.1) is 0 Å². The second kappa shape index (κ2) is 7.98. The van der Waals surface area contributed by atoms with Crippen LogP contribution in [-0.4, -0.2) is 36.1 Å². The van der Waals surface area contributed by atoms with Crippen LogP contribution in [0.25, 0.3) is 0 Å². The van der Waals surface area contributed by atoms with Crippen LogP contribution in [0.5, 0.6) is 5.75 Å². The zero-order chi connectivity index (χ0) is 13.2. The van der Waals surface area contributed by atoms with Crippen molar-refractivity contribution in [1.82, 2.24) is 5.32 Å². The molecule has 0 aromatic heterocycles. The maximum Gasteiger partial charge on any atom is 0.404 e. The predicted molar refractivity (Wildman–Crippen MR) is 66.5 cm³/mol. The molecule has 0 aliphatic rings. The summed E-state index contributed by atoms with van der Waals surface area (Å²) in [6, 6.07) is 7.19. The first-order valence-electron chi connectivity index (χ1n) is 5.52. The smallest absolute Gasteiger partial charge is 0.404 e. The first kappa shape index (κ1) is 13.9. The van der Waals surface area contributed by atoms with Crippen molar-refractivity contribution < 1.29 is 19.7 Å². The van der Waals surface area contributed by atoms with Gasteiger partial charge in [-0.25, -0.2) is 4.79 Å². The van der Waals surface area contributed by atoms with Crippen molar-refractivity contribution in [3.8, 4) is 17.6 Å². The van der Waals surface area contributed by atoms with Gasteiger partial charge in [-0.3, -0.25) is 0 Å². The van der Waals surface area contributed by atoms with E-state index in [2.05, 4.69) is 17.2 Å². The molecule has 5 nitrogen and oxygen atoms in total. The highest BCUT2D eigenvalue weighted by molar-refractivity contribution is 5.64. The Morgan fingerprint density at radius 1 is 1.44 bits per heavy atom. The second-order valence-electron chi connectivity index (χ2n) is 3.38. The molecule has 0 spiro atoms. The standard InChI is InChI=1S/C13H15NO4/c15-8-2-1-4-11-5-3-6-12(10-11)18-9-7-14-13(16)17/h3,5-6,10,14-15H,2,7-9H2,(H,16,17). The normalized spacial score (nSPS) is 9.17. The lowest BCUT2D eigenvalue weighted by atomic mass is 10.2. The van der Waals surface area contributed by atoms with Gasteiger partial charge in [0.1, 0.15) is 12.4 Å². The number of hydrogen-bond acceptors (Lipinski definition) is 3. The molecule has 0 fully saturated rings. The summed E-state index contributed by atoms with van der Waals surface area (Å²) in [5.74, 6) is 6.35. The zero-order valence-corrected chi connectivity index (χ0v) is 9.85. The number of carboxylic acid groups (broad SMARTS) is 1. The molecule has 0 aliphatic carbocycles. The summed E-state index contributed by atoms with van der Waals surface area (Å²) in [5, 5.41) is 19.2. The Morgan fingerprint density at radius 3 is 3.00 bits per heavy atom. The molecule has 1 aromatic rings. The van der Waals surface area contributed by atoms with Crippen molar-refractivity contribution in [1.29, 1.82) is 0 Å². The third-order valence-electron chi connectivity index (χ3n) is 1.95. The van der Waals surface area contributed by atoms with Crippen LogP contribution in [0.4, 0.5) is 4.79 Å². The van der Waals surface area contributed by atoms with Gasteiger partial charge in [-0.2, -0.15) is 0 Å². The third kappa shape index (κ3) is 5.77. The van der Waals surface area contributed by atoms with Gasteiger partial charge in [0.25, 0.3) is 0 Å². The maximum absolute atomic E-state index is 10.2. The largest absolute Gasteiger partial charge is 0.492 e. The Balaban J connectivity index is 2.45. The van der Waals surface area contributed by atoms with E-state index in [1.165, 1.54) is 0 Å².